The lowest BCUT2D eigenvalue weighted by molar-refractivity contribution is 0.478. The molecule has 2 N–H and O–H groups in total. The molecule has 0 spiro atoms. The molecule has 18 heavy (non-hydrogen) atoms. The van der Waals surface area contributed by atoms with Crippen LogP contribution >= 0.6 is 0 Å². The number of phenolic OH excluding ortho intramolecular Hbond substituents is 1. The first kappa shape index (κ1) is 10.7. The van der Waals surface area contributed by atoms with Crippen LogP contribution in [0.15, 0.2) is 66.7 Å². The summed E-state index contributed by atoms with van der Waals surface area (Å²) in [5, 5.41) is 15.4. The normalized spacial score (nSPS) is 10.4. The van der Waals surface area contributed by atoms with Gasteiger partial charge < -0.3 is 10.4 Å². The molecular weight excluding hydrogens is 222 g/mol. The van der Waals surface area contributed by atoms with Gasteiger partial charge in [-0.25, -0.2) is 0 Å². The van der Waals surface area contributed by atoms with Crippen LogP contribution in [0.25, 0.3) is 10.8 Å². The molecule has 2 heteroatoms. The van der Waals surface area contributed by atoms with Crippen LogP contribution in [0.4, 0.5) is 11.4 Å². The number of hydrogen-bond donors (Lipinski definition) is 2. The van der Waals surface area contributed by atoms with Gasteiger partial charge >= 0.3 is 0 Å². The quantitative estimate of drug-likeness (QED) is 0.649. The van der Waals surface area contributed by atoms with Crippen molar-refractivity contribution in [3.05, 3.63) is 66.7 Å². The molecule has 88 valence electrons. The summed E-state index contributed by atoms with van der Waals surface area (Å²) in [4.78, 5) is 0. The predicted molar refractivity (Wildman–Crippen MR) is 75.3 cm³/mol. The molecule has 0 aliphatic carbocycles. The number of para-hydroxylation sites is 2. The second-order valence-electron chi connectivity index (χ2n) is 4.17. The van der Waals surface area contributed by atoms with Crippen LogP contribution in [0, 0.1) is 0 Å². The van der Waals surface area contributed by atoms with Gasteiger partial charge in [0.05, 0.1) is 5.69 Å². The highest BCUT2D eigenvalue weighted by Gasteiger charge is 2.03. The SMILES string of the molecule is Oc1ccccc1Nc1cccc2ccccc12. The molecule has 0 saturated carbocycles. The zero-order valence-electron chi connectivity index (χ0n) is 9.80. The maximum atomic E-state index is 9.78. The number of hydrogen-bond acceptors (Lipinski definition) is 2. The number of benzene rings is 3. The fourth-order valence-corrected chi connectivity index (χ4v) is 2.06. The third-order valence-corrected chi connectivity index (χ3v) is 2.96. The van der Waals surface area contributed by atoms with Crippen LogP contribution in [0.5, 0.6) is 5.75 Å². The highest BCUT2D eigenvalue weighted by atomic mass is 16.3. The Balaban J connectivity index is 2.08. The Labute approximate surface area is 106 Å². The number of aromatic hydroxyl groups is 1. The van der Waals surface area contributed by atoms with Crippen molar-refractivity contribution in [2.24, 2.45) is 0 Å². The maximum absolute atomic E-state index is 9.78. The largest absolute Gasteiger partial charge is 0.506 e. The van der Waals surface area contributed by atoms with Gasteiger partial charge in [-0.1, -0.05) is 48.5 Å². The first-order valence-corrected chi connectivity index (χ1v) is 5.87. The minimum Gasteiger partial charge on any atom is -0.506 e. The highest BCUT2D eigenvalue weighted by Crippen LogP contribution is 2.30. The van der Waals surface area contributed by atoms with E-state index >= 15 is 0 Å². The van der Waals surface area contributed by atoms with Gasteiger partial charge in [0.15, 0.2) is 0 Å². The van der Waals surface area contributed by atoms with E-state index in [0.717, 1.165) is 11.1 Å². The first-order chi connectivity index (χ1) is 8.84. The molecule has 3 aromatic carbocycles. The van der Waals surface area contributed by atoms with E-state index < -0.39 is 0 Å². The van der Waals surface area contributed by atoms with Crippen LogP contribution < -0.4 is 5.32 Å². The molecule has 0 heterocycles. The molecule has 0 unspecified atom stereocenters. The smallest absolute Gasteiger partial charge is 0.139 e. The molecule has 0 atom stereocenters. The Bertz CT molecular complexity index is 686. The lowest BCUT2D eigenvalue weighted by atomic mass is 10.1. The van der Waals surface area contributed by atoms with Crippen molar-refractivity contribution in [3.63, 3.8) is 0 Å². The van der Waals surface area contributed by atoms with Crippen LogP contribution in [0.3, 0.4) is 0 Å². The summed E-state index contributed by atoms with van der Waals surface area (Å²) in [5.41, 5.74) is 1.71. The molecule has 0 aromatic heterocycles. The predicted octanol–water partition coefficient (Wildman–Crippen LogP) is 4.29. The average molecular weight is 235 g/mol. The standard InChI is InChI=1S/C16H13NO/c18-16-11-4-3-9-15(16)17-14-10-5-7-12-6-1-2-8-13(12)14/h1-11,17-18H. The van der Waals surface area contributed by atoms with Gasteiger partial charge in [-0.15, -0.1) is 0 Å². The van der Waals surface area contributed by atoms with E-state index in [1.807, 2.05) is 42.5 Å². The van der Waals surface area contributed by atoms with Crippen LogP contribution in [0.2, 0.25) is 0 Å². The van der Waals surface area contributed by atoms with Crippen LogP contribution in [-0.2, 0) is 0 Å². The van der Waals surface area contributed by atoms with Crippen molar-refractivity contribution in [2.75, 3.05) is 5.32 Å². The van der Waals surface area contributed by atoms with Gasteiger partial charge in [-0.2, -0.15) is 0 Å². The number of phenols is 1. The third kappa shape index (κ3) is 1.89. The van der Waals surface area contributed by atoms with Crippen LogP contribution in [-0.4, -0.2) is 5.11 Å². The van der Waals surface area contributed by atoms with E-state index in [1.165, 1.54) is 5.39 Å². The number of anilines is 2. The Morgan fingerprint density at radius 3 is 2.22 bits per heavy atom. The number of nitrogens with one attached hydrogen (secondary N) is 1. The molecule has 0 bridgehead atoms. The second kappa shape index (κ2) is 4.41. The van der Waals surface area contributed by atoms with Gasteiger partial charge in [0.2, 0.25) is 0 Å². The lowest BCUT2D eigenvalue weighted by Gasteiger charge is -2.10. The molecule has 0 aliphatic heterocycles. The summed E-state index contributed by atoms with van der Waals surface area (Å²) in [6.45, 7) is 0. The van der Waals surface area contributed by atoms with Crippen molar-refractivity contribution in [1.29, 1.82) is 0 Å². The van der Waals surface area contributed by atoms with Crippen molar-refractivity contribution in [1.82, 2.24) is 0 Å². The molecule has 0 radical (unpaired) electrons. The van der Waals surface area contributed by atoms with E-state index in [2.05, 4.69) is 23.5 Å². The van der Waals surface area contributed by atoms with Gasteiger partial charge in [0.25, 0.3) is 0 Å². The van der Waals surface area contributed by atoms with Gasteiger partial charge in [0.1, 0.15) is 5.75 Å². The molecule has 2 nitrogen and oxygen atoms in total. The fourth-order valence-electron chi connectivity index (χ4n) is 2.06. The molecule has 3 aromatic rings. The summed E-state index contributed by atoms with van der Waals surface area (Å²) in [6, 6.07) is 21.5. The Kier molecular flexibility index (Phi) is 2.61. The minimum absolute atomic E-state index is 0.255. The molecule has 0 saturated heterocycles. The Morgan fingerprint density at radius 2 is 1.33 bits per heavy atom. The minimum atomic E-state index is 0.255. The molecule has 0 aliphatic rings. The fraction of sp³-hybridized carbons (Fsp3) is 0. The molecule has 0 amide bonds. The van der Waals surface area contributed by atoms with Gasteiger partial charge in [-0.3, -0.25) is 0 Å². The number of fused-ring (bicyclic) bond motifs is 1. The Hall–Kier alpha value is -2.48. The first-order valence-electron chi connectivity index (χ1n) is 5.87. The van der Waals surface area contributed by atoms with Crippen molar-refractivity contribution < 1.29 is 5.11 Å². The van der Waals surface area contributed by atoms with E-state index in [-0.39, 0.29) is 5.75 Å². The summed E-state index contributed by atoms with van der Waals surface area (Å²) >= 11 is 0. The third-order valence-electron chi connectivity index (χ3n) is 2.96. The average Bonchev–Trinajstić information content (AvgIpc) is 2.42. The monoisotopic (exact) mass is 235 g/mol. The summed E-state index contributed by atoms with van der Waals surface area (Å²) in [6.07, 6.45) is 0. The zero-order chi connectivity index (χ0) is 12.4. The van der Waals surface area contributed by atoms with Crippen molar-refractivity contribution >= 4 is 22.1 Å². The molecule has 0 fully saturated rings. The summed E-state index contributed by atoms with van der Waals surface area (Å²) in [5.74, 6) is 0.255. The molecule has 3 rings (SSSR count). The van der Waals surface area contributed by atoms with E-state index in [0.29, 0.717) is 5.69 Å². The maximum Gasteiger partial charge on any atom is 0.139 e. The Morgan fingerprint density at radius 1 is 0.667 bits per heavy atom. The zero-order valence-corrected chi connectivity index (χ0v) is 9.80. The lowest BCUT2D eigenvalue weighted by Crippen LogP contribution is -1.91. The van der Waals surface area contributed by atoms with Crippen LogP contribution in [0.1, 0.15) is 0 Å². The molecular formula is C16H13NO. The van der Waals surface area contributed by atoms with E-state index in [9.17, 15) is 5.11 Å². The van der Waals surface area contributed by atoms with Gasteiger partial charge in [-0.05, 0) is 23.6 Å². The van der Waals surface area contributed by atoms with Gasteiger partial charge in [0, 0.05) is 11.1 Å². The van der Waals surface area contributed by atoms with E-state index in [4.69, 9.17) is 0 Å². The van der Waals surface area contributed by atoms with E-state index in [1.54, 1.807) is 6.07 Å². The highest BCUT2D eigenvalue weighted by molar-refractivity contribution is 5.95. The topological polar surface area (TPSA) is 32.3 Å². The summed E-state index contributed by atoms with van der Waals surface area (Å²) in [7, 11) is 0. The summed E-state index contributed by atoms with van der Waals surface area (Å²) < 4.78 is 0. The van der Waals surface area contributed by atoms with Crippen molar-refractivity contribution in [2.45, 2.75) is 0 Å². The van der Waals surface area contributed by atoms with Crippen molar-refractivity contribution in [3.8, 4) is 5.75 Å². The second-order valence-corrected chi connectivity index (χ2v) is 4.17. The number of rotatable bonds is 2.